The third kappa shape index (κ3) is 2.71. The van der Waals surface area contributed by atoms with Crippen LogP contribution in [-0.2, 0) is 4.65 Å². The van der Waals surface area contributed by atoms with Gasteiger partial charge in [0.1, 0.15) is 0 Å². The Morgan fingerprint density at radius 3 is 2.27 bits per heavy atom. The Morgan fingerprint density at radius 1 is 1.27 bits per heavy atom. The van der Waals surface area contributed by atoms with E-state index in [-0.39, 0.29) is 5.48 Å². The van der Waals surface area contributed by atoms with Crippen LogP contribution in [0.1, 0.15) is 0 Å². The molecule has 11 heavy (non-hydrogen) atoms. The summed E-state index contributed by atoms with van der Waals surface area (Å²) in [4.78, 5) is 0. The first kappa shape index (κ1) is 10.2. The first-order chi connectivity index (χ1) is 4.84. The molecule has 0 saturated carbocycles. The summed E-state index contributed by atoms with van der Waals surface area (Å²) in [5.74, 6) is 0. The number of hydrogen-bond acceptors (Lipinski definition) is 2. The van der Waals surface area contributed by atoms with Crippen LogP contribution in [0.25, 0.3) is 0 Å². The summed E-state index contributed by atoms with van der Waals surface area (Å²) in [5.41, 5.74) is 0.782. The van der Waals surface area contributed by atoms with Crippen LogP contribution in [0.4, 0.5) is 0 Å². The highest BCUT2D eigenvalue weighted by Crippen LogP contribution is 1.85. The topological polar surface area (TPSA) is 61.0 Å². The lowest BCUT2D eigenvalue weighted by atomic mass is 9.80. The second kappa shape index (κ2) is 4.90. The monoisotopic (exact) mass is 154 g/mol. The van der Waals surface area contributed by atoms with Gasteiger partial charge in [0.05, 0.1) is 0 Å². The van der Waals surface area contributed by atoms with Gasteiger partial charge in [-0.1, -0.05) is 30.3 Å². The van der Waals surface area contributed by atoms with Gasteiger partial charge < -0.3 is 15.2 Å². The van der Waals surface area contributed by atoms with Crippen molar-refractivity contribution in [2.24, 2.45) is 0 Å². The van der Waals surface area contributed by atoms with Gasteiger partial charge in [-0.25, -0.2) is 0 Å². The average Bonchev–Trinajstić information content (AvgIpc) is 2.05. The Labute approximate surface area is 66.1 Å². The minimum atomic E-state index is -0.791. The lowest BCUT2D eigenvalue weighted by molar-refractivity contribution is 0.341. The Bertz CT molecular complexity index is 190. The zero-order valence-corrected chi connectivity index (χ0v) is 6.32. The summed E-state index contributed by atoms with van der Waals surface area (Å²) in [5, 5.41) is 9.11. The van der Waals surface area contributed by atoms with Gasteiger partial charge in [-0.3, -0.25) is 0 Å². The zero-order chi connectivity index (χ0) is 7.40. The fourth-order valence-corrected chi connectivity index (χ4v) is 0.754. The van der Waals surface area contributed by atoms with E-state index >= 15 is 0 Å². The molecule has 0 amide bonds. The largest absolute Gasteiger partial charge is 0.490 e. The van der Waals surface area contributed by atoms with Crippen molar-refractivity contribution in [3.8, 4) is 0 Å². The van der Waals surface area contributed by atoms with Crippen LogP contribution in [0.3, 0.4) is 0 Å². The molecule has 0 aliphatic heterocycles. The molecule has 0 unspecified atom stereocenters. The fraction of sp³-hybridized carbons (Fsp3) is 0.143. The quantitative estimate of drug-likeness (QED) is 0.566. The van der Waals surface area contributed by atoms with Gasteiger partial charge in [-0.15, -0.1) is 0 Å². The standard InChI is InChI=1S/C7H9BO2.H2O/c1-10-8(9)7-5-3-2-4-6-7;/h2-6,9H,1H3;1H2. The molecule has 0 bridgehead atoms. The van der Waals surface area contributed by atoms with Crippen molar-refractivity contribution in [2.45, 2.75) is 0 Å². The smallest absolute Gasteiger partial charge is 0.423 e. The van der Waals surface area contributed by atoms with Crippen LogP contribution in [0, 0.1) is 0 Å². The fourth-order valence-electron chi connectivity index (χ4n) is 0.754. The molecule has 1 aromatic carbocycles. The summed E-state index contributed by atoms with van der Waals surface area (Å²) in [6.45, 7) is 0. The highest BCUT2D eigenvalue weighted by Gasteiger charge is 2.11. The molecule has 0 heterocycles. The maximum Gasteiger partial charge on any atom is 0.490 e. The first-order valence-electron chi connectivity index (χ1n) is 3.10. The summed E-state index contributed by atoms with van der Waals surface area (Å²) in [6, 6.07) is 9.24. The Morgan fingerprint density at radius 2 is 1.82 bits per heavy atom. The van der Waals surface area contributed by atoms with Gasteiger partial charge in [0.25, 0.3) is 0 Å². The molecule has 4 heteroatoms. The summed E-state index contributed by atoms with van der Waals surface area (Å²) in [7, 11) is 0.679. The first-order valence-corrected chi connectivity index (χ1v) is 3.10. The van der Waals surface area contributed by atoms with Crippen LogP contribution in [0.2, 0.25) is 0 Å². The highest BCUT2D eigenvalue weighted by atomic mass is 16.5. The van der Waals surface area contributed by atoms with Crippen molar-refractivity contribution in [2.75, 3.05) is 7.11 Å². The predicted molar refractivity (Wildman–Crippen MR) is 44.7 cm³/mol. The molecule has 1 aromatic rings. The molecule has 0 spiro atoms. The van der Waals surface area contributed by atoms with E-state index in [1.165, 1.54) is 7.11 Å². The van der Waals surface area contributed by atoms with Crippen molar-refractivity contribution >= 4 is 12.6 Å². The maximum absolute atomic E-state index is 9.11. The molecule has 0 aliphatic carbocycles. The van der Waals surface area contributed by atoms with E-state index in [4.69, 9.17) is 9.68 Å². The van der Waals surface area contributed by atoms with Crippen LogP contribution in [0.15, 0.2) is 30.3 Å². The van der Waals surface area contributed by atoms with Crippen molar-refractivity contribution < 1.29 is 15.2 Å². The average molecular weight is 154 g/mol. The molecule has 0 radical (unpaired) electrons. The second-order valence-electron chi connectivity index (χ2n) is 2.00. The number of rotatable bonds is 2. The molecule has 3 nitrogen and oxygen atoms in total. The lowest BCUT2D eigenvalue weighted by Gasteiger charge is -2.00. The van der Waals surface area contributed by atoms with E-state index in [1.54, 1.807) is 0 Å². The molecule has 0 aliphatic rings. The van der Waals surface area contributed by atoms with Crippen LogP contribution >= 0.6 is 0 Å². The van der Waals surface area contributed by atoms with Crippen molar-refractivity contribution in [3.05, 3.63) is 30.3 Å². The normalized spacial score (nSPS) is 8.55. The highest BCUT2D eigenvalue weighted by molar-refractivity contribution is 6.59. The van der Waals surface area contributed by atoms with Gasteiger partial charge in [0.15, 0.2) is 0 Å². The zero-order valence-electron chi connectivity index (χ0n) is 6.32. The third-order valence-electron chi connectivity index (χ3n) is 1.31. The van der Waals surface area contributed by atoms with Gasteiger partial charge in [0, 0.05) is 7.11 Å². The van der Waals surface area contributed by atoms with E-state index in [2.05, 4.69) is 0 Å². The van der Waals surface area contributed by atoms with E-state index in [0.717, 1.165) is 5.46 Å². The van der Waals surface area contributed by atoms with E-state index in [0.29, 0.717) is 0 Å². The molecule has 60 valence electrons. The van der Waals surface area contributed by atoms with Crippen molar-refractivity contribution in [1.29, 1.82) is 0 Å². The van der Waals surface area contributed by atoms with Gasteiger partial charge >= 0.3 is 7.12 Å². The Kier molecular flexibility index (Phi) is 4.53. The van der Waals surface area contributed by atoms with E-state index < -0.39 is 7.12 Å². The molecule has 1 rings (SSSR count). The molecule has 0 fully saturated rings. The minimum Gasteiger partial charge on any atom is -0.423 e. The van der Waals surface area contributed by atoms with E-state index in [9.17, 15) is 0 Å². The minimum absolute atomic E-state index is 0. The summed E-state index contributed by atoms with van der Waals surface area (Å²) >= 11 is 0. The summed E-state index contributed by atoms with van der Waals surface area (Å²) in [6.07, 6.45) is 0. The van der Waals surface area contributed by atoms with E-state index in [1.807, 2.05) is 30.3 Å². The van der Waals surface area contributed by atoms with Crippen molar-refractivity contribution in [3.63, 3.8) is 0 Å². The van der Waals surface area contributed by atoms with Crippen LogP contribution < -0.4 is 5.46 Å². The molecular weight excluding hydrogens is 143 g/mol. The van der Waals surface area contributed by atoms with Gasteiger partial charge in [-0.2, -0.15) is 0 Å². The Hall–Kier alpha value is -0.835. The molecule has 3 N–H and O–H groups in total. The maximum atomic E-state index is 9.11. The molecule has 0 atom stereocenters. The SMILES string of the molecule is COB(O)c1ccccc1.O. The van der Waals surface area contributed by atoms with Crippen LogP contribution in [-0.4, -0.2) is 24.7 Å². The second-order valence-corrected chi connectivity index (χ2v) is 2.00. The molecule has 0 saturated heterocycles. The van der Waals surface area contributed by atoms with Gasteiger partial charge in [-0.05, 0) is 5.46 Å². The Balaban J connectivity index is 0.000001000. The van der Waals surface area contributed by atoms with Crippen molar-refractivity contribution in [1.82, 2.24) is 0 Å². The lowest BCUT2D eigenvalue weighted by Crippen LogP contribution is -2.31. The molecular formula is C7H11BO3. The third-order valence-corrected chi connectivity index (χ3v) is 1.31. The summed E-state index contributed by atoms with van der Waals surface area (Å²) < 4.78 is 4.69. The molecule has 0 aromatic heterocycles. The number of benzene rings is 1. The number of hydrogen-bond donors (Lipinski definition) is 1. The van der Waals surface area contributed by atoms with Gasteiger partial charge in [0.2, 0.25) is 0 Å². The van der Waals surface area contributed by atoms with Crippen LogP contribution in [0.5, 0.6) is 0 Å². The predicted octanol–water partition coefficient (Wildman–Crippen LogP) is -0.804.